The number of piperidine rings is 1. The molecule has 4 heteroatoms. The predicted octanol–water partition coefficient (Wildman–Crippen LogP) is 0.333. The van der Waals surface area contributed by atoms with E-state index in [4.69, 9.17) is 9.47 Å². The van der Waals surface area contributed by atoms with Gasteiger partial charge in [-0.15, -0.1) is 0 Å². The SMILES string of the molecule is COCC1CCCN(CC2CNCCO2)C1. The van der Waals surface area contributed by atoms with Crippen molar-refractivity contribution in [1.82, 2.24) is 10.2 Å². The molecule has 0 spiro atoms. The monoisotopic (exact) mass is 228 g/mol. The summed E-state index contributed by atoms with van der Waals surface area (Å²) in [5.41, 5.74) is 0. The number of likely N-dealkylation sites (tertiary alicyclic amines) is 1. The molecule has 0 aromatic rings. The molecule has 0 bridgehead atoms. The first-order valence-electron chi connectivity index (χ1n) is 6.42. The zero-order valence-corrected chi connectivity index (χ0v) is 10.3. The third-order valence-corrected chi connectivity index (χ3v) is 3.47. The van der Waals surface area contributed by atoms with Gasteiger partial charge in [0.1, 0.15) is 0 Å². The minimum absolute atomic E-state index is 0.384. The lowest BCUT2D eigenvalue weighted by Crippen LogP contribution is -2.48. The quantitative estimate of drug-likeness (QED) is 0.752. The van der Waals surface area contributed by atoms with E-state index in [-0.39, 0.29) is 0 Å². The van der Waals surface area contributed by atoms with Crippen LogP contribution in [0.15, 0.2) is 0 Å². The zero-order valence-electron chi connectivity index (χ0n) is 10.3. The third kappa shape index (κ3) is 3.70. The third-order valence-electron chi connectivity index (χ3n) is 3.47. The first kappa shape index (κ1) is 12.3. The molecule has 0 saturated carbocycles. The lowest BCUT2D eigenvalue weighted by molar-refractivity contribution is -0.00709. The molecule has 0 radical (unpaired) electrons. The molecule has 2 unspecified atom stereocenters. The summed E-state index contributed by atoms with van der Waals surface area (Å²) in [4.78, 5) is 2.53. The fourth-order valence-corrected chi connectivity index (χ4v) is 2.71. The van der Waals surface area contributed by atoms with Crippen LogP contribution in [0, 0.1) is 5.92 Å². The Balaban J connectivity index is 1.71. The largest absolute Gasteiger partial charge is 0.384 e. The van der Waals surface area contributed by atoms with Gasteiger partial charge in [-0.3, -0.25) is 0 Å². The second kappa shape index (κ2) is 6.55. The molecule has 94 valence electrons. The van der Waals surface area contributed by atoms with Gasteiger partial charge >= 0.3 is 0 Å². The van der Waals surface area contributed by atoms with Gasteiger partial charge in [0.15, 0.2) is 0 Å². The summed E-state index contributed by atoms with van der Waals surface area (Å²) < 4.78 is 11.0. The fraction of sp³-hybridized carbons (Fsp3) is 1.00. The average Bonchev–Trinajstić information content (AvgIpc) is 2.31. The molecule has 0 aromatic carbocycles. The van der Waals surface area contributed by atoms with Crippen molar-refractivity contribution in [3.05, 3.63) is 0 Å². The van der Waals surface area contributed by atoms with Gasteiger partial charge in [-0.05, 0) is 25.3 Å². The lowest BCUT2D eigenvalue weighted by atomic mass is 9.98. The molecule has 2 aliphatic rings. The molecule has 2 heterocycles. The van der Waals surface area contributed by atoms with E-state index in [9.17, 15) is 0 Å². The number of rotatable bonds is 4. The maximum absolute atomic E-state index is 5.74. The molecule has 2 rings (SSSR count). The van der Waals surface area contributed by atoms with E-state index in [1.165, 1.54) is 25.9 Å². The van der Waals surface area contributed by atoms with Gasteiger partial charge in [0, 0.05) is 33.3 Å². The van der Waals surface area contributed by atoms with Gasteiger partial charge in [0.2, 0.25) is 0 Å². The average molecular weight is 228 g/mol. The van der Waals surface area contributed by atoms with Crippen LogP contribution in [0.4, 0.5) is 0 Å². The number of hydrogen-bond acceptors (Lipinski definition) is 4. The second-order valence-electron chi connectivity index (χ2n) is 4.92. The standard InChI is InChI=1S/C12H24N2O2/c1-15-10-11-3-2-5-14(8-11)9-12-7-13-4-6-16-12/h11-13H,2-10H2,1H3. The van der Waals surface area contributed by atoms with Crippen LogP contribution in [0.5, 0.6) is 0 Å². The summed E-state index contributed by atoms with van der Waals surface area (Å²) in [6, 6.07) is 0. The van der Waals surface area contributed by atoms with Crippen molar-refractivity contribution in [3.8, 4) is 0 Å². The van der Waals surface area contributed by atoms with E-state index in [1.54, 1.807) is 7.11 Å². The number of hydrogen-bond donors (Lipinski definition) is 1. The smallest absolute Gasteiger partial charge is 0.0826 e. The normalized spacial score (nSPS) is 32.8. The van der Waals surface area contributed by atoms with Crippen LogP contribution in [0.25, 0.3) is 0 Å². The number of nitrogens with zero attached hydrogens (tertiary/aromatic N) is 1. The Bertz CT molecular complexity index is 193. The lowest BCUT2D eigenvalue weighted by Gasteiger charge is -2.35. The minimum atomic E-state index is 0.384. The summed E-state index contributed by atoms with van der Waals surface area (Å²) in [6.07, 6.45) is 3.00. The molecule has 16 heavy (non-hydrogen) atoms. The molecule has 0 aliphatic carbocycles. The Hall–Kier alpha value is -0.160. The van der Waals surface area contributed by atoms with Crippen molar-refractivity contribution in [2.75, 3.05) is 53.0 Å². The van der Waals surface area contributed by atoms with Gasteiger partial charge in [0.25, 0.3) is 0 Å². The molecule has 2 atom stereocenters. The van der Waals surface area contributed by atoms with Crippen molar-refractivity contribution < 1.29 is 9.47 Å². The molecule has 0 aromatic heterocycles. The molecule has 2 aliphatic heterocycles. The molecule has 1 N–H and O–H groups in total. The highest BCUT2D eigenvalue weighted by molar-refractivity contribution is 4.77. The van der Waals surface area contributed by atoms with E-state index in [0.29, 0.717) is 6.10 Å². The highest BCUT2D eigenvalue weighted by Crippen LogP contribution is 2.17. The van der Waals surface area contributed by atoms with Crippen molar-refractivity contribution in [2.45, 2.75) is 18.9 Å². The van der Waals surface area contributed by atoms with Gasteiger partial charge in [0.05, 0.1) is 19.3 Å². The maximum Gasteiger partial charge on any atom is 0.0826 e. The highest BCUT2D eigenvalue weighted by Gasteiger charge is 2.23. The Morgan fingerprint density at radius 3 is 3.19 bits per heavy atom. The summed E-state index contributed by atoms with van der Waals surface area (Å²) in [7, 11) is 1.80. The van der Waals surface area contributed by atoms with Crippen LogP contribution in [0.2, 0.25) is 0 Å². The maximum atomic E-state index is 5.74. The molecular formula is C12H24N2O2. The minimum Gasteiger partial charge on any atom is -0.384 e. The van der Waals surface area contributed by atoms with Crippen molar-refractivity contribution >= 4 is 0 Å². The Morgan fingerprint density at radius 2 is 2.44 bits per heavy atom. The molecule has 2 fully saturated rings. The van der Waals surface area contributed by atoms with E-state index >= 15 is 0 Å². The van der Waals surface area contributed by atoms with Crippen LogP contribution < -0.4 is 5.32 Å². The van der Waals surface area contributed by atoms with E-state index in [2.05, 4.69) is 10.2 Å². The molecule has 0 amide bonds. The summed E-state index contributed by atoms with van der Waals surface area (Å²) in [5.74, 6) is 0.718. The molecular weight excluding hydrogens is 204 g/mol. The van der Waals surface area contributed by atoms with Crippen LogP contribution in [-0.4, -0.2) is 64.1 Å². The summed E-state index contributed by atoms with van der Waals surface area (Å²) >= 11 is 0. The number of methoxy groups -OCH3 is 1. The number of morpholine rings is 1. The van der Waals surface area contributed by atoms with Gasteiger partial charge in [-0.25, -0.2) is 0 Å². The Labute approximate surface area is 98.3 Å². The van der Waals surface area contributed by atoms with Crippen LogP contribution >= 0.6 is 0 Å². The number of ether oxygens (including phenoxy) is 2. The van der Waals surface area contributed by atoms with E-state index in [1.807, 2.05) is 0 Å². The van der Waals surface area contributed by atoms with E-state index < -0.39 is 0 Å². The molecule has 2 saturated heterocycles. The first-order chi connectivity index (χ1) is 7.88. The van der Waals surface area contributed by atoms with Crippen molar-refractivity contribution in [2.24, 2.45) is 5.92 Å². The van der Waals surface area contributed by atoms with Crippen LogP contribution in [0.1, 0.15) is 12.8 Å². The zero-order chi connectivity index (χ0) is 11.2. The van der Waals surface area contributed by atoms with Crippen LogP contribution in [-0.2, 0) is 9.47 Å². The van der Waals surface area contributed by atoms with Crippen molar-refractivity contribution in [1.29, 1.82) is 0 Å². The van der Waals surface area contributed by atoms with Gasteiger partial charge in [-0.1, -0.05) is 0 Å². The number of nitrogens with one attached hydrogen (secondary N) is 1. The Kier molecular flexibility index (Phi) is 5.03. The molecule has 4 nitrogen and oxygen atoms in total. The summed E-state index contributed by atoms with van der Waals surface area (Å²) in [6.45, 7) is 7.25. The van der Waals surface area contributed by atoms with Crippen molar-refractivity contribution in [3.63, 3.8) is 0 Å². The topological polar surface area (TPSA) is 33.7 Å². The predicted molar refractivity (Wildman–Crippen MR) is 63.6 cm³/mol. The summed E-state index contributed by atoms with van der Waals surface area (Å²) in [5, 5.41) is 3.38. The first-order valence-corrected chi connectivity index (χ1v) is 6.42. The van der Waals surface area contributed by atoms with E-state index in [0.717, 1.165) is 38.8 Å². The van der Waals surface area contributed by atoms with Crippen LogP contribution in [0.3, 0.4) is 0 Å². The second-order valence-corrected chi connectivity index (χ2v) is 4.92. The fourth-order valence-electron chi connectivity index (χ4n) is 2.71. The van der Waals surface area contributed by atoms with Gasteiger partial charge in [-0.2, -0.15) is 0 Å². The van der Waals surface area contributed by atoms with Gasteiger partial charge < -0.3 is 19.7 Å². The highest BCUT2D eigenvalue weighted by atomic mass is 16.5. The Morgan fingerprint density at radius 1 is 1.50 bits per heavy atom.